The number of anilines is 1. The third kappa shape index (κ3) is 4.42. The Kier molecular flexibility index (Phi) is 5.91. The fourth-order valence-corrected chi connectivity index (χ4v) is 4.46. The SMILES string of the molecule is Cc1ccc(-n2c(SCC(=O)Nc3nc(C)cs3)nnc2-c2cccnc2)c(C)c1. The van der Waals surface area contributed by atoms with E-state index in [2.05, 4.69) is 57.5 Å². The summed E-state index contributed by atoms with van der Waals surface area (Å²) in [6.45, 7) is 6.01. The highest BCUT2D eigenvalue weighted by molar-refractivity contribution is 7.99. The average Bonchev–Trinajstić information content (AvgIpc) is 3.33. The lowest BCUT2D eigenvalue weighted by Crippen LogP contribution is -2.14. The van der Waals surface area contributed by atoms with Gasteiger partial charge in [-0.15, -0.1) is 21.5 Å². The molecular formula is C21H20N6OS2. The molecule has 0 bridgehead atoms. The van der Waals surface area contributed by atoms with Gasteiger partial charge < -0.3 is 5.32 Å². The second kappa shape index (κ2) is 8.76. The van der Waals surface area contributed by atoms with Gasteiger partial charge in [-0.25, -0.2) is 4.98 Å². The monoisotopic (exact) mass is 436 g/mol. The zero-order valence-corrected chi connectivity index (χ0v) is 18.4. The van der Waals surface area contributed by atoms with Crippen LogP contribution in [0.1, 0.15) is 16.8 Å². The van der Waals surface area contributed by atoms with E-state index in [1.807, 2.05) is 29.0 Å². The molecule has 3 heterocycles. The normalized spacial score (nSPS) is 10.9. The van der Waals surface area contributed by atoms with Crippen molar-refractivity contribution in [2.75, 3.05) is 11.1 Å². The fourth-order valence-electron chi connectivity index (χ4n) is 3.02. The third-order valence-electron chi connectivity index (χ3n) is 4.34. The van der Waals surface area contributed by atoms with E-state index >= 15 is 0 Å². The Bertz CT molecular complexity index is 1190. The van der Waals surface area contributed by atoms with Crippen molar-refractivity contribution in [2.45, 2.75) is 25.9 Å². The molecule has 0 aliphatic carbocycles. The number of rotatable bonds is 6. The highest BCUT2D eigenvalue weighted by Crippen LogP contribution is 2.29. The summed E-state index contributed by atoms with van der Waals surface area (Å²) < 4.78 is 1.98. The molecule has 0 spiro atoms. The van der Waals surface area contributed by atoms with E-state index in [9.17, 15) is 4.79 Å². The summed E-state index contributed by atoms with van der Waals surface area (Å²) in [6.07, 6.45) is 3.48. The van der Waals surface area contributed by atoms with E-state index in [0.717, 1.165) is 22.5 Å². The molecule has 0 aliphatic heterocycles. The predicted molar refractivity (Wildman–Crippen MR) is 120 cm³/mol. The van der Waals surface area contributed by atoms with E-state index in [0.29, 0.717) is 16.1 Å². The summed E-state index contributed by atoms with van der Waals surface area (Å²) in [4.78, 5) is 20.9. The summed E-state index contributed by atoms with van der Waals surface area (Å²) >= 11 is 2.75. The maximum absolute atomic E-state index is 12.4. The molecule has 0 radical (unpaired) electrons. The first kappa shape index (κ1) is 20.2. The van der Waals surface area contributed by atoms with Crippen LogP contribution in [0.15, 0.2) is 53.3 Å². The maximum Gasteiger partial charge on any atom is 0.236 e. The van der Waals surface area contributed by atoms with Crippen molar-refractivity contribution in [3.05, 3.63) is 64.9 Å². The van der Waals surface area contributed by atoms with Crippen LogP contribution in [0.2, 0.25) is 0 Å². The highest BCUT2D eigenvalue weighted by Gasteiger charge is 2.19. The van der Waals surface area contributed by atoms with Gasteiger partial charge in [0.15, 0.2) is 16.1 Å². The zero-order chi connectivity index (χ0) is 21.1. The van der Waals surface area contributed by atoms with Crippen molar-refractivity contribution in [1.82, 2.24) is 24.7 Å². The lowest BCUT2D eigenvalue weighted by Gasteiger charge is -2.13. The van der Waals surface area contributed by atoms with Gasteiger partial charge in [-0.2, -0.15) is 0 Å². The Morgan fingerprint density at radius 1 is 1.20 bits per heavy atom. The van der Waals surface area contributed by atoms with Gasteiger partial charge in [-0.3, -0.25) is 14.3 Å². The summed E-state index contributed by atoms with van der Waals surface area (Å²) in [5.41, 5.74) is 5.00. The van der Waals surface area contributed by atoms with Gasteiger partial charge in [0.2, 0.25) is 5.91 Å². The van der Waals surface area contributed by atoms with Crippen LogP contribution in [0.25, 0.3) is 17.1 Å². The number of carbonyl (C=O) groups is 1. The number of pyridine rings is 1. The smallest absolute Gasteiger partial charge is 0.236 e. The Morgan fingerprint density at radius 2 is 2.07 bits per heavy atom. The van der Waals surface area contributed by atoms with Gasteiger partial charge in [0.05, 0.1) is 17.1 Å². The van der Waals surface area contributed by atoms with E-state index in [4.69, 9.17) is 0 Å². The fraction of sp³-hybridized carbons (Fsp3) is 0.190. The van der Waals surface area contributed by atoms with Crippen molar-refractivity contribution < 1.29 is 4.79 Å². The molecule has 0 aliphatic rings. The zero-order valence-electron chi connectivity index (χ0n) is 16.8. The van der Waals surface area contributed by atoms with Crippen LogP contribution < -0.4 is 5.32 Å². The lowest BCUT2D eigenvalue weighted by atomic mass is 10.1. The number of thiazole rings is 1. The molecule has 7 nitrogen and oxygen atoms in total. The molecule has 152 valence electrons. The van der Waals surface area contributed by atoms with E-state index in [-0.39, 0.29) is 11.7 Å². The molecule has 4 aromatic rings. The predicted octanol–water partition coefficient (Wildman–Crippen LogP) is 4.44. The third-order valence-corrected chi connectivity index (χ3v) is 6.15. The Balaban J connectivity index is 1.64. The Labute approximate surface area is 182 Å². The van der Waals surface area contributed by atoms with Crippen LogP contribution in [0.5, 0.6) is 0 Å². The van der Waals surface area contributed by atoms with Gasteiger partial charge in [0.1, 0.15) is 0 Å². The number of hydrogen-bond donors (Lipinski definition) is 1. The van der Waals surface area contributed by atoms with Gasteiger partial charge in [0, 0.05) is 23.3 Å². The van der Waals surface area contributed by atoms with Crippen LogP contribution in [-0.4, -0.2) is 36.4 Å². The largest absolute Gasteiger partial charge is 0.301 e. The van der Waals surface area contributed by atoms with E-state index in [1.54, 1.807) is 12.4 Å². The van der Waals surface area contributed by atoms with Crippen molar-refractivity contribution in [3.8, 4) is 17.1 Å². The number of carbonyl (C=O) groups excluding carboxylic acids is 1. The average molecular weight is 437 g/mol. The molecule has 0 saturated heterocycles. The van der Waals surface area contributed by atoms with Crippen molar-refractivity contribution in [2.24, 2.45) is 0 Å². The summed E-state index contributed by atoms with van der Waals surface area (Å²) in [6, 6.07) is 10.0. The van der Waals surface area contributed by atoms with Crippen LogP contribution in [0.3, 0.4) is 0 Å². The number of hydrogen-bond acceptors (Lipinski definition) is 7. The number of nitrogens with zero attached hydrogens (tertiary/aromatic N) is 5. The number of thioether (sulfide) groups is 1. The molecule has 4 rings (SSSR count). The molecule has 1 aromatic carbocycles. The number of aromatic nitrogens is 5. The molecule has 0 saturated carbocycles. The lowest BCUT2D eigenvalue weighted by molar-refractivity contribution is -0.113. The van der Waals surface area contributed by atoms with Crippen LogP contribution >= 0.6 is 23.1 Å². The van der Waals surface area contributed by atoms with Crippen molar-refractivity contribution in [3.63, 3.8) is 0 Å². The molecule has 9 heteroatoms. The molecular weight excluding hydrogens is 416 g/mol. The first-order chi connectivity index (χ1) is 14.5. The maximum atomic E-state index is 12.4. The molecule has 1 amide bonds. The minimum Gasteiger partial charge on any atom is -0.301 e. The minimum absolute atomic E-state index is 0.132. The molecule has 0 fully saturated rings. The first-order valence-electron chi connectivity index (χ1n) is 9.29. The number of benzene rings is 1. The minimum atomic E-state index is -0.132. The molecule has 3 aromatic heterocycles. The molecule has 1 N–H and O–H groups in total. The topological polar surface area (TPSA) is 85.6 Å². The number of aryl methyl sites for hydroxylation is 3. The van der Waals surface area contributed by atoms with Gasteiger partial charge >= 0.3 is 0 Å². The number of nitrogens with one attached hydrogen (secondary N) is 1. The van der Waals surface area contributed by atoms with E-state index < -0.39 is 0 Å². The van der Waals surface area contributed by atoms with Gasteiger partial charge in [0.25, 0.3) is 0 Å². The quantitative estimate of drug-likeness (QED) is 0.450. The summed E-state index contributed by atoms with van der Waals surface area (Å²) in [7, 11) is 0. The van der Waals surface area contributed by atoms with Crippen LogP contribution in [-0.2, 0) is 4.79 Å². The van der Waals surface area contributed by atoms with Crippen LogP contribution in [0, 0.1) is 20.8 Å². The van der Waals surface area contributed by atoms with Crippen LogP contribution in [0.4, 0.5) is 5.13 Å². The van der Waals surface area contributed by atoms with Gasteiger partial charge in [-0.1, -0.05) is 29.5 Å². The molecule has 30 heavy (non-hydrogen) atoms. The van der Waals surface area contributed by atoms with Crippen molar-refractivity contribution in [1.29, 1.82) is 0 Å². The summed E-state index contributed by atoms with van der Waals surface area (Å²) in [5, 5.41) is 14.8. The Morgan fingerprint density at radius 3 is 2.77 bits per heavy atom. The Hall–Kier alpha value is -3.04. The second-order valence-corrected chi connectivity index (χ2v) is 8.60. The second-order valence-electron chi connectivity index (χ2n) is 6.80. The number of amides is 1. The van der Waals surface area contributed by atoms with Gasteiger partial charge in [-0.05, 0) is 44.5 Å². The van der Waals surface area contributed by atoms with E-state index in [1.165, 1.54) is 28.7 Å². The standard InChI is InChI=1S/C21H20N6OS2/c1-13-6-7-17(14(2)9-13)27-19(16-5-4-8-22-10-16)25-26-21(27)30-12-18(28)24-20-23-15(3)11-29-20/h4-11H,12H2,1-3H3,(H,23,24,28). The highest BCUT2D eigenvalue weighted by atomic mass is 32.2. The molecule has 0 unspecified atom stereocenters. The van der Waals surface area contributed by atoms with Crippen molar-refractivity contribution >= 4 is 34.1 Å². The summed E-state index contributed by atoms with van der Waals surface area (Å²) in [5.74, 6) is 0.760. The molecule has 0 atom stereocenters. The first-order valence-corrected chi connectivity index (χ1v) is 11.2.